The van der Waals surface area contributed by atoms with Crippen molar-refractivity contribution in [1.29, 1.82) is 0 Å². The molecule has 0 aliphatic heterocycles. The van der Waals surface area contributed by atoms with E-state index >= 15 is 0 Å². The average Bonchev–Trinajstić information content (AvgIpc) is 2.79. The second-order valence-corrected chi connectivity index (χ2v) is 5.62. The topological polar surface area (TPSA) is 0 Å². The van der Waals surface area contributed by atoms with Gasteiger partial charge < -0.3 is 0 Å². The number of hydrogen-bond acceptors (Lipinski definition) is 0. The molecule has 4 aliphatic carbocycles. The summed E-state index contributed by atoms with van der Waals surface area (Å²) in [5.74, 6) is 3.82. The van der Waals surface area contributed by atoms with Crippen LogP contribution in [0.4, 0.5) is 0 Å². The van der Waals surface area contributed by atoms with Crippen LogP contribution in [0.3, 0.4) is 0 Å². The first-order valence-corrected chi connectivity index (χ1v) is 5.73. The highest BCUT2D eigenvalue weighted by atomic mass is 14.6. The Hall–Kier alpha value is -0.520. The predicted molar refractivity (Wildman–Crippen MR) is 53.1 cm³/mol. The van der Waals surface area contributed by atoms with E-state index in [9.17, 15) is 0 Å². The van der Waals surface area contributed by atoms with Crippen LogP contribution in [-0.2, 0) is 0 Å². The van der Waals surface area contributed by atoms with Gasteiger partial charge >= 0.3 is 0 Å². The Bertz CT molecular complexity index is 278. The van der Waals surface area contributed by atoms with E-state index < -0.39 is 0 Å². The van der Waals surface area contributed by atoms with Crippen LogP contribution < -0.4 is 0 Å². The normalized spacial score (nSPS) is 60.3. The van der Waals surface area contributed by atoms with E-state index in [-0.39, 0.29) is 0 Å². The maximum Gasteiger partial charge on any atom is -0.0160 e. The molecule has 0 aromatic carbocycles. The lowest BCUT2D eigenvalue weighted by Crippen LogP contribution is -2.30. The summed E-state index contributed by atoms with van der Waals surface area (Å²) in [4.78, 5) is 0. The second kappa shape index (κ2) is 1.94. The third-order valence-corrected chi connectivity index (χ3v) is 5.11. The van der Waals surface area contributed by atoms with Gasteiger partial charge in [0.25, 0.3) is 0 Å². The summed E-state index contributed by atoms with van der Waals surface area (Å²) in [7, 11) is 0. The molecule has 4 atom stereocenters. The summed E-state index contributed by atoms with van der Waals surface area (Å²) in [6, 6.07) is 0. The van der Waals surface area contributed by atoms with Crippen LogP contribution in [0, 0.1) is 29.1 Å². The van der Waals surface area contributed by atoms with Crippen molar-refractivity contribution in [3.63, 3.8) is 0 Å². The SMILES string of the molecule is C1=CC2CC1CC21CC2C=CC1C2. The molecule has 0 amide bonds. The van der Waals surface area contributed by atoms with E-state index in [1.807, 2.05) is 0 Å². The Morgan fingerprint density at radius 3 is 1.62 bits per heavy atom. The van der Waals surface area contributed by atoms with Crippen molar-refractivity contribution in [3.8, 4) is 0 Å². The third kappa shape index (κ3) is 0.662. The van der Waals surface area contributed by atoms with Gasteiger partial charge in [-0.25, -0.2) is 0 Å². The van der Waals surface area contributed by atoms with E-state index in [4.69, 9.17) is 0 Å². The van der Waals surface area contributed by atoms with E-state index in [2.05, 4.69) is 24.3 Å². The third-order valence-electron chi connectivity index (χ3n) is 5.11. The summed E-state index contributed by atoms with van der Waals surface area (Å²) in [5.41, 5.74) is 0.749. The van der Waals surface area contributed by atoms with Crippen molar-refractivity contribution >= 4 is 0 Å². The molecule has 4 unspecified atom stereocenters. The van der Waals surface area contributed by atoms with E-state index in [1.54, 1.807) is 0 Å². The second-order valence-electron chi connectivity index (χ2n) is 5.62. The van der Waals surface area contributed by atoms with Crippen LogP contribution in [0.1, 0.15) is 25.7 Å². The molecular weight excluding hydrogens is 156 g/mol. The molecule has 4 aliphatic rings. The lowest BCUT2D eigenvalue weighted by Gasteiger charge is -2.37. The Morgan fingerprint density at radius 2 is 1.31 bits per heavy atom. The fourth-order valence-corrected chi connectivity index (χ4v) is 4.64. The average molecular weight is 172 g/mol. The molecule has 2 fully saturated rings. The molecule has 0 heteroatoms. The first-order valence-electron chi connectivity index (χ1n) is 5.73. The highest BCUT2D eigenvalue weighted by Gasteiger charge is 2.57. The molecule has 0 aromatic heterocycles. The Kier molecular flexibility index (Phi) is 1.03. The number of rotatable bonds is 0. The number of hydrogen-bond donors (Lipinski definition) is 0. The van der Waals surface area contributed by atoms with Crippen molar-refractivity contribution in [3.05, 3.63) is 24.3 Å². The predicted octanol–water partition coefficient (Wildman–Crippen LogP) is 3.16. The summed E-state index contributed by atoms with van der Waals surface area (Å²) < 4.78 is 0. The Labute approximate surface area is 79.7 Å². The maximum absolute atomic E-state index is 2.53. The van der Waals surface area contributed by atoms with Gasteiger partial charge in [-0.3, -0.25) is 0 Å². The zero-order valence-corrected chi connectivity index (χ0v) is 7.95. The van der Waals surface area contributed by atoms with Crippen molar-refractivity contribution in [2.24, 2.45) is 29.1 Å². The molecule has 68 valence electrons. The fourth-order valence-electron chi connectivity index (χ4n) is 4.64. The Morgan fingerprint density at radius 1 is 0.769 bits per heavy atom. The number of allylic oxidation sites excluding steroid dienone is 4. The van der Waals surface area contributed by atoms with Gasteiger partial charge in [-0.2, -0.15) is 0 Å². The van der Waals surface area contributed by atoms with Gasteiger partial charge in [0.15, 0.2) is 0 Å². The van der Waals surface area contributed by atoms with Crippen LogP contribution in [0.5, 0.6) is 0 Å². The molecule has 2 saturated carbocycles. The van der Waals surface area contributed by atoms with Gasteiger partial charge in [0, 0.05) is 0 Å². The lowest BCUT2D eigenvalue weighted by atomic mass is 9.67. The van der Waals surface area contributed by atoms with Crippen LogP contribution in [-0.4, -0.2) is 0 Å². The minimum absolute atomic E-state index is 0.749. The summed E-state index contributed by atoms with van der Waals surface area (Å²) in [5, 5.41) is 0. The Balaban J connectivity index is 1.81. The molecule has 4 bridgehead atoms. The molecule has 0 N–H and O–H groups in total. The van der Waals surface area contributed by atoms with Gasteiger partial charge in [0.1, 0.15) is 0 Å². The quantitative estimate of drug-likeness (QED) is 0.492. The largest absolute Gasteiger partial charge is 0.0851 e. The minimum Gasteiger partial charge on any atom is -0.0851 e. The van der Waals surface area contributed by atoms with Gasteiger partial charge in [-0.05, 0) is 54.8 Å². The monoisotopic (exact) mass is 172 g/mol. The summed E-state index contributed by atoms with van der Waals surface area (Å²) in [6.45, 7) is 0. The van der Waals surface area contributed by atoms with Crippen molar-refractivity contribution < 1.29 is 0 Å². The molecule has 0 radical (unpaired) electrons. The van der Waals surface area contributed by atoms with Crippen molar-refractivity contribution in [1.82, 2.24) is 0 Å². The van der Waals surface area contributed by atoms with Crippen molar-refractivity contribution in [2.75, 3.05) is 0 Å². The zero-order chi connectivity index (χ0) is 8.47. The molecule has 0 saturated heterocycles. The van der Waals surface area contributed by atoms with Gasteiger partial charge in [-0.15, -0.1) is 0 Å². The molecule has 0 aromatic rings. The van der Waals surface area contributed by atoms with E-state index in [1.165, 1.54) is 25.7 Å². The standard InChI is InChI=1S/C13H16/c1-3-11-5-9(1)7-13(11)8-10-2-4-12(13)6-10/h1-4,9-12H,5-8H2. The first kappa shape index (κ1) is 6.86. The summed E-state index contributed by atoms with van der Waals surface area (Å²) in [6.07, 6.45) is 16.0. The molecule has 0 heterocycles. The minimum atomic E-state index is 0.749. The van der Waals surface area contributed by atoms with Crippen LogP contribution >= 0.6 is 0 Å². The zero-order valence-electron chi connectivity index (χ0n) is 7.95. The highest BCUT2D eigenvalue weighted by molar-refractivity contribution is 5.25. The van der Waals surface area contributed by atoms with Gasteiger partial charge in [-0.1, -0.05) is 24.3 Å². The maximum atomic E-state index is 2.53. The smallest absolute Gasteiger partial charge is 0.0160 e. The van der Waals surface area contributed by atoms with Gasteiger partial charge in [0.2, 0.25) is 0 Å². The van der Waals surface area contributed by atoms with Crippen LogP contribution in [0.2, 0.25) is 0 Å². The summed E-state index contributed by atoms with van der Waals surface area (Å²) >= 11 is 0. The first-order chi connectivity index (χ1) is 6.37. The van der Waals surface area contributed by atoms with Crippen LogP contribution in [0.25, 0.3) is 0 Å². The molecule has 1 spiro atoms. The fraction of sp³-hybridized carbons (Fsp3) is 0.692. The molecule has 13 heavy (non-hydrogen) atoms. The lowest BCUT2D eigenvalue weighted by molar-refractivity contribution is 0.179. The number of fused-ring (bicyclic) bond motifs is 6. The van der Waals surface area contributed by atoms with Crippen molar-refractivity contribution in [2.45, 2.75) is 25.7 Å². The molecule has 0 nitrogen and oxygen atoms in total. The molecular formula is C13H16. The van der Waals surface area contributed by atoms with E-state index in [0.29, 0.717) is 0 Å². The van der Waals surface area contributed by atoms with Crippen LogP contribution in [0.15, 0.2) is 24.3 Å². The highest BCUT2D eigenvalue weighted by Crippen LogP contribution is 2.66. The van der Waals surface area contributed by atoms with Gasteiger partial charge in [0.05, 0.1) is 0 Å². The van der Waals surface area contributed by atoms with E-state index in [0.717, 1.165) is 29.1 Å². The molecule has 4 rings (SSSR count).